The monoisotopic (exact) mass is 487 g/mol. The molecule has 0 saturated carbocycles. The summed E-state index contributed by atoms with van der Waals surface area (Å²) < 4.78 is 26.2. The summed E-state index contributed by atoms with van der Waals surface area (Å²) in [7, 11) is -3.86. The van der Waals surface area contributed by atoms with Crippen molar-refractivity contribution in [3.05, 3.63) is 65.7 Å². The van der Waals surface area contributed by atoms with Gasteiger partial charge in [-0.2, -0.15) is 0 Å². The molecule has 1 N–H and O–H groups in total. The van der Waals surface area contributed by atoms with E-state index in [1.54, 1.807) is 19.1 Å². The smallest absolute Gasteiger partial charge is 0.244 e. The molecule has 2 amide bonds. The molecule has 0 spiro atoms. The topological polar surface area (TPSA) is 104 Å². The predicted octanol–water partition coefficient (Wildman–Crippen LogP) is 2.84. The van der Waals surface area contributed by atoms with Gasteiger partial charge in [0.25, 0.3) is 0 Å². The molecule has 0 aliphatic carbocycles. The molecule has 1 atom stereocenters. The molecule has 0 aliphatic heterocycles. The number of hydrogen-bond acceptors (Lipinski definition) is 5. The van der Waals surface area contributed by atoms with Gasteiger partial charge in [-0.15, -0.1) is 0 Å². The van der Waals surface area contributed by atoms with Crippen molar-refractivity contribution in [2.24, 2.45) is 5.92 Å². The van der Waals surface area contributed by atoms with Gasteiger partial charge in [0.05, 0.1) is 11.9 Å². The molecule has 0 aliphatic rings. The quantitative estimate of drug-likeness (QED) is 0.491. The molecule has 2 aromatic carbocycles. The fourth-order valence-corrected chi connectivity index (χ4v) is 4.15. The van der Waals surface area contributed by atoms with Crippen LogP contribution in [0.2, 0.25) is 0 Å². The van der Waals surface area contributed by atoms with Crippen LogP contribution in [0.15, 0.2) is 54.6 Å². The number of nitrogens with zero attached hydrogens (tertiary/aromatic N) is 2. The van der Waals surface area contributed by atoms with Crippen LogP contribution in [-0.2, 0) is 26.2 Å². The molecule has 0 heterocycles. The molecule has 2 aromatic rings. The number of anilines is 1. The van der Waals surface area contributed by atoms with Gasteiger partial charge in [-0.1, -0.05) is 56.3 Å². The van der Waals surface area contributed by atoms with Crippen molar-refractivity contribution < 1.29 is 22.8 Å². The minimum absolute atomic E-state index is 0.140. The van der Waals surface area contributed by atoms with Crippen LogP contribution in [0.3, 0.4) is 0 Å². The molecule has 34 heavy (non-hydrogen) atoms. The average molecular weight is 488 g/mol. The number of carbonyl (C=O) groups is 3. The fourth-order valence-electron chi connectivity index (χ4n) is 3.31. The van der Waals surface area contributed by atoms with E-state index in [1.165, 1.54) is 24.0 Å². The van der Waals surface area contributed by atoms with E-state index >= 15 is 0 Å². The Labute approximate surface area is 202 Å². The standard InChI is InChI=1S/C25H33N3O5S/c1-18(2)15-26-25(31)19(3)27(16-21-10-7-6-8-11-21)24(30)17-28(34(5,32)33)23-13-9-12-22(14-23)20(4)29/h6-14,18-19H,15-17H2,1-5H3,(H,26,31)/t19-/m0/s1. The second-order valence-electron chi connectivity index (χ2n) is 8.70. The summed E-state index contributed by atoms with van der Waals surface area (Å²) in [5.41, 5.74) is 1.35. The summed E-state index contributed by atoms with van der Waals surface area (Å²) >= 11 is 0. The van der Waals surface area contributed by atoms with Crippen LogP contribution in [0.4, 0.5) is 5.69 Å². The van der Waals surface area contributed by atoms with Crippen LogP contribution in [-0.4, -0.2) is 56.3 Å². The molecule has 184 valence electrons. The summed E-state index contributed by atoms with van der Waals surface area (Å²) in [5, 5.41) is 2.84. The van der Waals surface area contributed by atoms with Gasteiger partial charge in [-0.3, -0.25) is 18.7 Å². The molecular weight excluding hydrogens is 454 g/mol. The van der Waals surface area contributed by atoms with E-state index in [4.69, 9.17) is 0 Å². The number of benzene rings is 2. The molecule has 0 unspecified atom stereocenters. The number of Topliss-reactive ketones (excluding diaryl/α,β-unsaturated/α-hetero) is 1. The molecule has 9 heteroatoms. The van der Waals surface area contributed by atoms with Crippen LogP contribution in [0.25, 0.3) is 0 Å². The van der Waals surface area contributed by atoms with Crippen LogP contribution in [0.5, 0.6) is 0 Å². The first-order valence-electron chi connectivity index (χ1n) is 11.1. The Morgan fingerprint density at radius 2 is 1.62 bits per heavy atom. The summed E-state index contributed by atoms with van der Waals surface area (Å²) in [6, 6.07) is 14.5. The number of rotatable bonds is 11. The molecule has 0 bridgehead atoms. The third kappa shape index (κ3) is 7.69. The Morgan fingerprint density at radius 1 is 0.971 bits per heavy atom. The molecule has 0 radical (unpaired) electrons. The highest BCUT2D eigenvalue weighted by Crippen LogP contribution is 2.21. The second-order valence-corrected chi connectivity index (χ2v) is 10.6. The SMILES string of the molecule is CC(=O)c1cccc(N(CC(=O)N(Cc2ccccc2)[C@@H](C)C(=O)NCC(C)C)S(C)(=O)=O)c1. The van der Waals surface area contributed by atoms with Crippen molar-refractivity contribution in [1.82, 2.24) is 10.2 Å². The van der Waals surface area contributed by atoms with E-state index in [0.717, 1.165) is 16.1 Å². The van der Waals surface area contributed by atoms with Crippen molar-refractivity contribution in [2.75, 3.05) is 23.7 Å². The molecular formula is C25H33N3O5S. The number of carbonyl (C=O) groups excluding carboxylic acids is 3. The second kappa shape index (κ2) is 11.8. The first-order chi connectivity index (χ1) is 15.9. The highest BCUT2D eigenvalue weighted by Gasteiger charge is 2.30. The van der Waals surface area contributed by atoms with Crippen molar-refractivity contribution >= 4 is 33.3 Å². The van der Waals surface area contributed by atoms with Gasteiger partial charge in [0.15, 0.2) is 5.78 Å². The zero-order valence-corrected chi connectivity index (χ0v) is 21.1. The maximum Gasteiger partial charge on any atom is 0.244 e. The number of sulfonamides is 1. The van der Waals surface area contributed by atoms with E-state index in [1.807, 2.05) is 44.2 Å². The lowest BCUT2D eigenvalue weighted by atomic mass is 10.1. The Hall–Kier alpha value is -3.20. The van der Waals surface area contributed by atoms with E-state index in [0.29, 0.717) is 12.1 Å². The van der Waals surface area contributed by atoms with Gasteiger partial charge in [-0.25, -0.2) is 8.42 Å². The highest BCUT2D eigenvalue weighted by atomic mass is 32.2. The third-order valence-corrected chi connectivity index (χ3v) is 6.41. The molecule has 0 aromatic heterocycles. The fraction of sp³-hybridized carbons (Fsp3) is 0.400. The van der Waals surface area contributed by atoms with Gasteiger partial charge in [-0.05, 0) is 37.5 Å². The molecule has 0 saturated heterocycles. The average Bonchev–Trinajstić information content (AvgIpc) is 2.78. The van der Waals surface area contributed by atoms with Gasteiger partial charge in [0.2, 0.25) is 21.8 Å². The van der Waals surface area contributed by atoms with Gasteiger partial charge in [0, 0.05) is 18.7 Å². The lowest BCUT2D eigenvalue weighted by Gasteiger charge is -2.31. The minimum atomic E-state index is -3.86. The Morgan fingerprint density at radius 3 is 2.18 bits per heavy atom. The van der Waals surface area contributed by atoms with E-state index < -0.39 is 28.5 Å². The maximum absolute atomic E-state index is 13.5. The number of amides is 2. The van der Waals surface area contributed by atoms with Gasteiger partial charge < -0.3 is 10.2 Å². The Kier molecular flexibility index (Phi) is 9.37. The van der Waals surface area contributed by atoms with E-state index in [2.05, 4.69) is 5.32 Å². The van der Waals surface area contributed by atoms with Crippen LogP contribution in [0, 0.1) is 5.92 Å². The van der Waals surface area contributed by atoms with Gasteiger partial charge >= 0.3 is 0 Å². The van der Waals surface area contributed by atoms with Crippen molar-refractivity contribution in [3.8, 4) is 0 Å². The van der Waals surface area contributed by atoms with Crippen LogP contribution < -0.4 is 9.62 Å². The number of hydrogen-bond donors (Lipinski definition) is 1. The lowest BCUT2D eigenvalue weighted by Crippen LogP contribution is -2.51. The summed E-state index contributed by atoms with van der Waals surface area (Å²) in [4.78, 5) is 39.4. The minimum Gasteiger partial charge on any atom is -0.354 e. The predicted molar refractivity (Wildman–Crippen MR) is 133 cm³/mol. The lowest BCUT2D eigenvalue weighted by molar-refractivity contribution is -0.139. The normalized spacial score (nSPS) is 12.2. The van der Waals surface area contributed by atoms with Gasteiger partial charge in [0.1, 0.15) is 12.6 Å². The first kappa shape index (κ1) is 27.0. The molecule has 8 nitrogen and oxygen atoms in total. The Bertz CT molecular complexity index is 1120. The van der Waals surface area contributed by atoms with Crippen molar-refractivity contribution in [3.63, 3.8) is 0 Å². The van der Waals surface area contributed by atoms with E-state index in [9.17, 15) is 22.8 Å². The largest absolute Gasteiger partial charge is 0.354 e. The van der Waals surface area contributed by atoms with E-state index in [-0.39, 0.29) is 29.8 Å². The van der Waals surface area contributed by atoms with Crippen molar-refractivity contribution in [2.45, 2.75) is 40.3 Å². The van der Waals surface area contributed by atoms with Crippen LogP contribution >= 0.6 is 0 Å². The number of nitrogens with one attached hydrogen (secondary N) is 1. The zero-order chi connectivity index (χ0) is 25.5. The van der Waals surface area contributed by atoms with Crippen molar-refractivity contribution in [1.29, 1.82) is 0 Å². The first-order valence-corrected chi connectivity index (χ1v) is 12.9. The number of ketones is 1. The molecule has 0 fully saturated rings. The van der Waals surface area contributed by atoms with Crippen LogP contribution in [0.1, 0.15) is 43.6 Å². The maximum atomic E-state index is 13.5. The Balaban J connectivity index is 2.38. The summed E-state index contributed by atoms with van der Waals surface area (Å²) in [6.07, 6.45) is 1.00. The summed E-state index contributed by atoms with van der Waals surface area (Å²) in [6.45, 7) is 7.04. The highest BCUT2D eigenvalue weighted by molar-refractivity contribution is 7.92. The molecule has 2 rings (SSSR count). The third-order valence-electron chi connectivity index (χ3n) is 5.27. The zero-order valence-electron chi connectivity index (χ0n) is 20.3. The summed E-state index contributed by atoms with van der Waals surface area (Å²) in [5.74, 6) is -0.830.